The highest BCUT2D eigenvalue weighted by atomic mass is 79.9. The molecule has 1 amide bonds. The van der Waals surface area contributed by atoms with E-state index in [4.69, 9.17) is 6.57 Å². The first-order valence-electron chi connectivity index (χ1n) is 8.58. The molecule has 0 aliphatic heterocycles. The summed E-state index contributed by atoms with van der Waals surface area (Å²) in [5.41, 5.74) is -1.03. The largest absolute Gasteiger partial charge is 0.505 e. The minimum Gasteiger partial charge on any atom is -0.505 e. The van der Waals surface area contributed by atoms with Gasteiger partial charge in [0.05, 0.1) is 23.5 Å². The number of hydrogen-bond acceptors (Lipinski definition) is 5. The van der Waals surface area contributed by atoms with E-state index in [1.165, 1.54) is 31.1 Å². The summed E-state index contributed by atoms with van der Waals surface area (Å²) in [6.07, 6.45) is 0. The summed E-state index contributed by atoms with van der Waals surface area (Å²) in [5.74, 6) is -0.966. The Hall–Kier alpha value is -3.84. The first-order chi connectivity index (χ1) is 14.2. The van der Waals surface area contributed by atoms with Gasteiger partial charge in [0.25, 0.3) is 17.0 Å². The SMILES string of the molecule is [C-]#[N+]c1cc(Nc2c(Br)c(=O)[nH]n(-c3ccccc3)c2=O)c(O)c(C(=O)N(C)C)c1. The van der Waals surface area contributed by atoms with Crippen LogP contribution < -0.4 is 16.4 Å². The predicted octanol–water partition coefficient (Wildman–Crippen LogP) is 2.99. The summed E-state index contributed by atoms with van der Waals surface area (Å²) in [4.78, 5) is 42.3. The molecule has 0 spiro atoms. The minimum atomic E-state index is -0.610. The molecular formula is C20H16BrN5O4. The van der Waals surface area contributed by atoms with Crippen LogP contribution in [0.3, 0.4) is 0 Å². The van der Waals surface area contributed by atoms with E-state index in [1.807, 2.05) is 0 Å². The molecule has 0 saturated heterocycles. The molecule has 3 N–H and O–H groups in total. The molecule has 0 aliphatic rings. The number of aromatic nitrogens is 2. The Kier molecular flexibility index (Phi) is 5.75. The van der Waals surface area contributed by atoms with Crippen LogP contribution in [0.2, 0.25) is 0 Å². The van der Waals surface area contributed by atoms with Gasteiger partial charge < -0.3 is 15.3 Å². The van der Waals surface area contributed by atoms with Gasteiger partial charge in [0.2, 0.25) is 0 Å². The molecule has 30 heavy (non-hydrogen) atoms. The number of aromatic amines is 1. The normalized spacial score (nSPS) is 10.3. The lowest BCUT2D eigenvalue weighted by molar-refractivity contribution is 0.0825. The number of rotatable bonds is 4. The van der Waals surface area contributed by atoms with Crippen LogP contribution in [0.15, 0.2) is 56.5 Å². The van der Waals surface area contributed by atoms with Crippen LogP contribution in [0.25, 0.3) is 10.5 Å². The van der Waals surface area contributed by atoms with E-state index in [-0.39, 0.29) is 27.1 Å². The van der Waals surface area contributed by atoms with Crippen LogP contribution in [0.1, 0.15) is 10.4 Å². The van der Waals surface area contributed by atoms with Crippen molar-refractivity contribution in [1.29, 1.82) is 0 Å². The van der Waals surface area contributed by atoms with E-state index < -0.39 is 22.8 Å². The summed E-state index contributed by atoms with van der Waals surface area (Å²) in [7, 11) is 3.01. The van der Waals surface area contributed by atoms with Crippen molar-refractivity contribution in [2.24, 2.45) is 0 Å². The number of halogens is 1. The Labute approximate surface area is 179 Å². The third-order valence-electron chi connectivity index (χ3n) is 4.18. The fourth-order valence-corrected chi connectivity index (χ4v) is 3.06. The quantitative estimate of drug-likeness (QED) is 0.401. The highest BCUT2D eigenvalue weighted by Gasteiger charge is 2.21. The van der Waals surface area contributed by atoms with Gasteiger partial charge in [0, 0.05) is 14.1 Å². The lowest BCUT2D eigenvalue weighted by Crippen LogP contribution is -2.31. The molecule has 152 valence electrons. The van der Waals surface area contributed by atoms with E-state index in [1.54, 1.807) is 30.3 Å². The zero-order valence-electron chi connectivity index (χ0n) is 15.9. The average molecular weight is 470 g/mol. The lowest BCUT2D eigenvalue weighted by atomic mass is 10.1. The van der Waals surface area contributed by atoms with Crippen molar-refractivity contribution in [1.82, 2.24) is 14.7 Å². The summed E-state index contributed by atoms with van der Waals surface area (Å²) in [6.45, 7) is 7.26. The number of para-hydroxylation sites is 1. The second-order valence-corrected chi connectivity index (χ2v) is 7.22. The van der Waals surface area contributed by atoms with Crippen LogP contribution in [-0.4, -0.2) is 39.8 Å². The van der Waals surface area contributed by atoms with Crippen molar-refractivity contribution in [2.45, 2.75) is 0 Å². The standard InChI is InChI=1S/C20H16BrN5O4/c1-22-11-9-13(19(29)25(2)3)17(27)14(10-11)23-16-15(21)18(28)24-26(20(16)30)12-7-5-4-6-8-12/h4-10,23,27H,2-3H3,(H,24,28). The van der Waals surface area contributed by atoms with Gasteiger partial charge in [0.15, 0.2) is 5.69 Å². The second-order valence-electron chi connectivity index (χ2n) is 6.43. The second kappa shape index (κ2) is 8.26. The molecule has 0 saturated carbocycles. The molecular weight excluding hydrogens is 454 g/mol. The van der Waals surface area contributed by atoms with Crippen molar-refractivity contribution in [3.05, 3.63) is 84.6 Å². The van der Waals surface area contributed by atoms with Crippen molar-refractivity contribution in [3.8, 4) is 11.4 Å². The highest BCUT2D eigenvalue weighted by Crippen LogP contribution is 2.35. The molecule has 1 heterocycles. The van der Waals surface area contributed by atoms with Crippen LogP contribution >= 0.6 is 15.9 Å². The number of carbonyl (C=O) groups is 1. The van der Waals surface area contributed by atoms with Gasteiger partial charge in [-0.05, 0) is 40.2 Å². The average Bonchev–Trinajstić information content (AvgIpc) is 2.74. The first-order valence-corrected chi connectivity index (χ1v) is 9.37. The van der Waals surface area contributed by atoms with Gasteiger partial charge in [-0.25, -0.2) is 9.53 Å². The van der Waals surface area contributed by atoms with Crippen molar-refractivity contribution < 1.29 is 9.90 Å². The topological polar surface area (TPSA) is 112 Å². The number of anilines is 2. The number of nitrogens with zero attached hydrogens (tertiary/aromatic N) is 3. The molecule has 2 aromatic carbocycles. The monoisotopic (exact) mass is 469 g/mol. The van der Waals surface area contributed by atoms with E-state index in [0.29, 0.717) is 5.69 Å². The van der Waals surface area contributed by atoms with E-state index in [0.717, 1.165) is 4.68 Å². The first kappa shape index (κ1) is 20.9. The lowest BCUT2D eigenvalue weighted by Gasteiger charge is -2.16. The smallest absolute Gasteiger partial charge is 0.294 e. The van der Waals surface area contributed by atoms with Gasteiger partial charge >= 0.3 is 0 Å². The van der Waals surface area contributed by atoms with Crippen LogP contribution in [-0.2, 0) is 0 Å². The Morgan fingerprint density at radius 3 is 2.50 bits per heavy atom. The molecule has 0 unspecified atom stereocenters. The number of benzene rings is 2. The Balaban J connectivity index is 2.20. The molecule has 0 bridgehead atoms. The molecule has 9 nitrogen and oxygen atoms in total. The zero-order chi connectivity index (χ0) is 22.0. The molecule has 0 radical (unpaired) electrons. The predicted molar refractivity (Wildman–Crippen MR) is 116 cm³/mol. The number of aromatic hydroxyl groups is 1. The van der Waals surface area contributed by atoms with Gasteiger partial charge in [-0.2, -0.15) is 0 Å². The maximum Gasteiger partial charge on any atom is 0.294 e. The summed E-state index contributed by atoms with van der Waals surface area (Å²) < 4.78 is 0.963. The summed E-state index contributed by atoms with van der Waals surface area (Å²) in [6, 6.07) is 11.0. The van der Waals surface area contributed by atoms with Gasteiger partial charge in [0.1, 0.15) is 15.9 Å². The molecule has 10 heteroatoms. The van der Waals surface area contributed by atoms with E-state index >= 15 is 0 Å². The molecule has 1 aromatic heterocycles. The van der Waals surface area contributed by atoms with E-state index in [2.05, 4.69) is 31.2 Å². The Bertz CT molecular complexity index is 1290. The molecule has 0 aliphatic carbocycles. The number of phenols is 1. The number of carbonyl (C=O) groups excluding carboxylic acids is 1. The molecule has 3 rings (SSSR count). The maximum absolute atomic E-state index is 13.0. The third-order valence-corrected chi connectivity index (χ3v) is 4.94. The highest BCUT2D eigenvalue weighted by molar-refractivity contribution is 9.10. The minimum absolute atomic E-state index is 0.0586. The maximum atomic E-state index is 13.0. The van der Waals surface area contributed by atoms with Crippen LogP contribution in [0.4, 0.5) is 17.1 Å². The zero-order valence-corrected chi connectivity index (χ0v) is 17.5. The fraction of sp³-hybridized carbons (Fsp3) is 0.100. The fourth-order valence-electron chi connectivity index (χ4n) is 2.71. The summed E-state index contributed by atoms with van der Waals surface area (Å²) >= 11 is 3.09. The van der Waals surface area contributed by atoms with Crippen molar-refractivity contribution in [2.75, 3.05) is 19.4 Å². The summed E-state index contributed by atoms with van der Waals surface area (Å²) in [5, 5.41) is 15.8. The van der Waals surface area contributed by atoms with Gasteiger partial charge in [-0.3, -0.25) is 19.5 Å². The molecule has 0 atom stereocenters. The van der Waals surface area contributed by atoms with E-state index in [9.17, 15) is 19.5 Å². The number of nitrogens with one attached hydrogen (secondary N) is 2. The van der Waals surface area contributed by atoms with Crippen LogP contribution in [0.5, 0.6) is 5.75 Å². The number of phenolic OH excluding ortho intramolecular Hbond substituents is 1. The number of amides is 1. The molecule has 0 fully saturated rings. The van der Waals surface area contributed by atoms with Crippen LogP contribution in [0, 0.1) is 6.57 Å². The van der Waals surface area contributed by atoms with Crippen molar-refractivity contribution in [3.63, 3.8) is 0 Å². The number of hydrogen-bond donors (Lipinski definition) is 3. The third kappa shape index (κ3) is 3.83. The van der Waals surface area contributed by atoms with Gasteiger partial charge in [-0.1, -0.05) is 18.2 Å². The van der Waals surface area contributed by atoms with Gasteiger partial charge in [-0.15, -0.1) is 0 Å². The Morgan fingerprint density at radius 2 is 1.90 bits per heavy atom. The number of H-pyrrole nitrogens is 1. The Morgan fingerprint density at radius 1 is 1.23 bits per heavy atom. The van der Waals surface area contributed by atoms with Crippen molar-refractivity contribution >= 4 is 38.9 Å². The molecule has 3 aromatic rings.